The number of hydrogen-bond acceptors (Lipinski definition) is 5. The molecule has 0 radical (unpaired) electrons. The van der Waals surface area contributed by atoms with E-state index in [1.807, 2.05) is 0 Å². The third kappa shape index (κ3) is 4.82. The summed E-state index contributed by atoms with van der Waals surface area (Å²) in [6.07, 6.45) is 0.419. The first-order chi connectivity index (χ1) is 10.9. The summed E-state index contributed by atoms with van der Waals surface area (Å²) in [5.74, 6) is -0.547. The molecule has 23 heavy (non-hydrogen) atoms. The molecule has 0 bridgehead atoms. The molecule has 1 aromatic carbocycles. The summed E-state index contributed by atoms with van der Waals surface area (Å²) in [6, 6.07) is 5.22. The number of carbonyl (C=O) groups is 1. The number of hydrogen-bond donors (Lipinski definition) is 3. The third-order valence-electron chi connectivity index (χ3n) is 3.42. The summed E-state index contributed by atoms with van der Waals surface area (Å²) in [7, 11) is -3.04. The molecular weight excluding hydrogens is 323 g/mol. The van der Waals surface area contributed by atoms with Gasteiger partial charge in [-0.1, -0.05) is 6.07 Å². The highest BCUT2D eigenvalue weighted by atomic mass is 32.2. The fourth-order valence-corrected chi connectivity index (χ4v) is 3.98. The zero-order chi connectivity index (χ0) is 16.9. The number of urea groups is 1. The second-order valence-corrected chi connectivity index (χ2v) is 7.43. The number of carbonyl (C=O) groups excluding carboxylic acids is 1. The molecule has 0 spiro atoms. The van der Waals surface area contributed by atoms with Gasteiger partial charge in [-0.05, 0) is 18.6 Å². The molecule has 1 heterocycles. The first-order valence-corrected chi connectivity index (χ1v) is 8.91. The van der Waals surface area contributed by atoms with Gasteiger partial charge in [-0.15, -0.1) is 0 Å². The van der Waals surface area contributed by atoms with Crippen molar-refractivity contribution in [3.8, 4) is 6.07 Å². The molecule has 1 saturated heterocycles. The lowest BCUT2D eigenvalue weighted by atomic mass is 10.2. The quantitative estimate of drug-likeness (QED) is 0.680. The van der Waals surface area contributed by atoms with E-state index in [-0.39, 0.29) is 29.7 Å². The highest BCUT2D eigenvalue weighted by molar-refractivity contribution is 7.91. The SMILES string of the molecule is N#Cc1c(F)cccc1NCCNC(=O)NC1CCS(=O)(=O)C1. The van der Waals surface area contributed by atoms with Crippen molar-refractivity contribution in [2.75, 3.05) is 29.9 Å². The molecule has 1 atom stereocenters. The Morgan fingerprint density at radius 2 is 2.17 bits per heavy atom. The maximum Gasteiger partial charge on any atom is 0.315 e. The maximum atomic E-state index is 13.4. The topological polar surface area (TPSA) is 111 Å². The van der Waals surface area contributed by atoms with Crippen molar-refractivity contribution in [1.82, 2.24) is 10.6 Å². The van der Waals surface area contributed by atoms with Crippen molar-refractivity contribution >= 4 is 21.6 Å². The molecule has 1 fully saturated rings. The van der Waals surface area contributed by atoms with Crippen molar-refractivity contribution in [3.05, 3.63) is 29.6 Å². The van der Waals surface area contributed by atoms with Gasteiger partial charge in [0, 0.05) is 19.1 Å². The van der Waals surface area contributed by atoms with Gasteiger partial charge in [-0.3, -0.25) is 0 Å². The second-order valence-electron chi connectivity index (χ2n) is 5.20. The van der Waals surface area contributed by atoms with Gasteiger partial charge in [-0.2, -0.15) is 5.26 Å². The van der Waals surface area contributed by atoms with E-state index in [4.69, 9.17) is 5.26 Å². The Labute approximate surface area is 133 Å². The van der Waals surface area contributed by atoms with Gasteiger partial charge in [0.05, 0.1) is 17.2 Å². The number of nitriles is 1. The fourth-order valence-electron chi connectivity index (χ4n) is 2.30. The van der Waals surface area contributed by atoms with E-state index in [1.165, 1.54) is 12.1 Å². The predicted octanol–water partition coefficient (Wildman–Crippen LogP) is 0.596. The summed E-state index contributed by atoms with van der Waals surface area (Å²) in [6.45, 7) is 0.543. The van der Waals surface area contributed by atoms with Gasteiger partial charge in [0.15, 0.2) is 9.84 Å². The molecule has 0 aromatic heterocycles. The van der Waals surface area contributed by atoms with Crippen molar-refractivity contribution < 1.29 is 17.6 Å². The van der Waals surface area contributed by atoms with Gasteiger partial charge in [-0.25, -0.2) is 17.6 Å². The number of rotatable bonds is 5. The van der Waals surface area contributed by atoms with E-state index in [1.54, 1.807) is 12.1 Å². The van der Waals surface area contributed by atoms with Crippen LogP contribution in [0.1, 0.15) is 12.0 Å². The first kappa shape index (κ1) is 17.0. The van der Waals surface area contributed by atoms with Gasteiger partial charge in [0.25, 0.3) is 0 Å². The maximum absolute atomic E-state index is 13.4. The van der Waals surface area contributed by atoms with Crippen molar-refractivity contribution in [2.24, 2.45) is 0 Å². The summed E-state index contributed by atoms with van der Waals surface area (Å²) < 4.78 is 36.0. The molecule has 2 rings (SSSR count). The minimum absolute atomic E-state index is 0.0342. The molecule has 124 valence electrons. The smallest absolute Gasteiger partial charge is 0.315 e. The Bertz CT molecular complexity index is 730. The van der Waals surface area contributed by atoms with Crippen molar-refractivity contribution in [2.45, 2.75) is 12.5 Å². The van der Waals surface area contributed by atoms with Crippen LogP contribution < -0.4 is 16.0 Å². The highest BCUT2D eigenvalue weighted by Gasteiger charge is 2.28. The molecule has 7 nitrogen and oxygen atoms in total. The molecule has 0 saturated carbocycles. The number of amides is 2. The average Bonchev–Trinajstić information content (AvgIpc) is 2.82. The zero-order valence-electron chi connectivity index (χ0n) is 12.3. The van der Waals surface area contributed by atoms with E-state index >= 15 is 0 Å². The average molecular weight is 340 g/mol. The van der Waals surface area contributed by atoms with Crippen LogP contribution >= 0.6 is 0 Å². The van der Waals surface area contributed by atoms with Crippen LogP contribution in [0.4, 0.5) is 14.9 Å². The summed E-state index contributed by atoms with van der Waals surface area (Å²) in [5.41, 5.74) is 0.282. The van der Waals surface area contributed by atoms with Crippen molar-refractivity contribution in [3.63, 3.8) is 0 Å². The largest absolute Gasteiger partial charge is 0.382 e. The highest BCUT2D eigenvalue weighted by Crippen LogP contribution is 2.17. The summed E-state index contributed by atoms with van der Waals surface area (Å²) in [4.78, 5) is 11.6. The Morgan fingerprint density at radius 3 is 2.83 bits per heavy atom. The Hall–Kier alpha value is -2.34. The second kappa shape index (κ2) is 7.28. The lowest BCUT2D eigenvalue weighted by Gasteiger charge is -2.13. The van der Waals surface area contributed by atoms with E-state index in [0.717, 1.165) is 0 Å². The van der Waals surface area contributed by atoms with Gasteiger partial charge < -0.3 is 16.0 Å². The molecule has 0 aliphatic carbocycles. The Balaban J connectivity index is 1.73. The van der Waals surface area contributed by atoms with Crippen LogP contribution in [0.15, 0.2) is 18.2 Å². The third-order valence-corrected chi connectivity index (χ3v) is 5.19. The minimum Gasteiger partial charge on any atom is -0.382 e. The first-order valence-electron chi connectivity index (χ1n) is 7.08. The van der Waals surface area contributed by atoms with Gasteiger partial charge in [0.2, 0.25) is 0 Å². The molecule has 1 aliphatic heterocycles. The van der Waals surface area contributed by atoms with Crippen LogP contribution in [0, 0.1) is 17.1 Å². The lowest BCUT2D eigenvalue weighted by Crippen LogP contribution is -2.44. The van der Waals surface area contributed by atoms with Crippen LogP contribution in [0.5, 0.6) is 0 Å². The standard InChI is InChI=1S/C14H17FN4O3S/c15-12-2-1-3-13(11(12)8-16)17-5-6-18-14(20)19-10-4-7-23(21,22)9-10/h1-3,10,17H,4-7,9H2,(H2,18,19,20). The van der Waals surface area contributed by atoms with Crippen LogP contribution in [-0.2, 0) is 9.84 Å². The van der Waals surface area contributed by atoms with Gasteiger partial charge in [0.1, 0.15) is 17.4 Å². The van der Waals surface area contributed by atoms with Crippen LogP contribution in [0.25, 0.3) is 0 Å². The van der Waals surface area contributed by atoms with E-state index < -0.39 is 21.7 Å². The molecular formula is C14H17FN4O3S. The number of nitrogens with zero attached hydrogens (tertiary/aromatic N) is 1. The molecule has 2 amide bonds. The number of halogens is 1. The van der Waals surface area contributed by atoms with Gasteiger partial charge >= 0.3 is 6.03 Å². The van der Waals surface area contributed by atoms with E-state index in [9.17, 15) is 17.6 Å². The molecule has 1 unspecified atom stereocenters. The zero-order valence-corrected chi connectivity index (χ0v) is 13.1. The number of sulfone groups is 1. The van der Waals surface area contributed by atoms with Crippen LogP contribution in [-0.4, -0.2) is 45.1 Å². The fraction of sp³-hybridized carbons (Fsp3) is 0.429. The summed E-state index contributed by atoms with van der Waals surface area (Å²) >= 11 is 0. The monoisotopic (exact) mass is 340 g/mol. The normalized spacial score (nSPS) is 18.9. The van der Waals surface area contributed by atoms with Crippen LogP contribution in [0.3, 0.4) is 0 Å². The lowest BCUT2D eigenvalue weighted by molar-refractivity contribution is 0.238. The van der Waals surface area contributed by atoms with E-state index in [0.29, 0.717) is 18.7 Å². The Kier molecular flexibility index (Phi) is 5.39. The molecule has 1 aromatic rings. The predicted molar refractivity (Wildman–Crippen MR) is 83.2 cm³/mol. The number of anilines is 1. The van der Waals surface area contributed by atoms with Crippen molar-refractivity contribution in [1.29, 1.82) is 5.26 Å². The molecule has 3 N–H and O–H groups in total. The summed E-state index contributed by atoms with van der Waals surface area (Å²) in [5, 5.41) is 16.9. The number of nitrogens with one attached hydrogen (secondary N) is 3. The molecule has 9 heteroatoms. The Morgan fingerprint density at radius 1 is 1.39 bits per heavy atom. The molecule has 1 aliphatic rings. The van der Waals surface area contributed by atoms with Crippen LogP contribution in [0.2, 0.25) is 0 Å². The minimum atomic E-state index is -3.04. The number of benzene rings is 1. The van der Waals surface area contributed by atoms with E-state index in [2.05, 4.69) is 16.0 Å².